The monoisotopic (exact) mass is 329 g/mol. The van der Waals surface area contributed by atoms with Gasteiger partial charge in [-0.3, -0.25) is 4.79 Å². The van der Waals surface area contributed by atoms with Crippen LogP contribution in [-0.2, 0) is 0 Å². The Labute approximate surface area is 145 Å². The molecule has 0 radical (unpaired) electrons. The topological polar surface area (TPSA) is 59.3 Å². The zero-order valence-electron chi connectivity index (χ0n) is 13.4. The van der Waals surface area contributed by atoms with Crippen molar-refractivity contribution < 1.29 is 14.3 Å². The van der Waals surface area contributed by atoms with E-state index < -0.39 is 0 Å². The van der Waals surface area contributed by atoms with Crippen LogP contribution in [0.25, 0.3) is 0 Å². The van der Waals surface area contributed by atoms with Gasteiger partial charge in [0.25, 0.3) is 0 Å². The Bertz CT molecular complexity index is 896. The predicted octanol–water partition coefficient (Wildman–Crippen LogP) is 4.61. The molecule has 0 unspecified atom stereocenters. The first kappa shape index (κ1) is 16.3. The quantitative estimate of drug-likeness (QED) is 0.620. The van der Waals surface area contributed by atoms with E-state index in [-0.39, 0.29) is 12.4 Å². The van der Waals surface area contributed by atoms with Crippen molar-refractivity contribution in [2.75, 3.05) is 6.61 Å². The highest BCUT2D eigenvalue weighted by molar-refractivity contribution is 5.97. The van der Waals surface area contributed by atoms with Crippen molar-refractivity contribution in [3.05, 3.63) is 90.0 Å². The first-order valence-electron chi connectivity index (χ1n) is 7.74. The van der Waals surface area contributed by atoms with E-state index in [4.69, 9.17) is 14.7 Å². The van der Waals surface area contributed by atoms with Crippen LogP contribution >= 0.6 is 0 Å². The molecule has 0 aliphatic carbocycles. The maximum atomic E-state index is 12.2. The van der Waals surface area contributed by atoms with Crippen molar-refractivity contribution in [2.24, 2.45) is 0 Å². The molecule has 0 heterocycles. The van der Waals surface area contributed by atoms with Crippen LogP contribution in [0.15, 0.2) is 78.9 Å². The molecule has 4 heteroatoms. The maximum Gasteiger partial charge on any atom is 0.200 e. The number of rotatable bonds is 6. The Morgan fingerprint density at radius 3 is 2.24 bits per heavy atom. The summed E-state index contributed by atoms with van der Waals surface area (Å²) < 4.78 is 11.2. The summed E-state index contributed by atoms with van der Waals surface area (Å²) in [6, 6.07) is 25.1. The molecular weight excluding hydrogens is 314 g/mol. The summed E-state index contributed by atoms with van der Waals surface area (Å²) >= 11 is 0. The van der Waals surface area contributed by atoms with Gasteiger partial charge in [-0.2, -0.15) is 5.26 Å². The molecule has 0 aromatic heterocycles. The number of ketones is 1. The van der Waals surface area contributed by atoms with Crippen LogP contribution in [0.1, 0.15) is 15.9 Å². The van der Waals surface area contributed by atoms with Gasteiger partial charge in [-0.25, -0.2) is 0 Å². The second-order valence-corrected chi connectivity index (χ2v) is 5.29. The lowest BCUT2D eigenvalue weighted by atomic mass is 10.1. The normalized spacial score (nSPS) is 9.88. The van der Waals surface area contributed by atoms with Crippen molar-refractivity contribution in [3.63, 3.8) is 0 Å². The van der Waals surface area contributed by atoms with Gasteiger partial charge in [0.05, 0.1) is 11.6 Å². The summed E-state index contributed by atoms with van der Waals surface area (Å²) in [7, 11) is 0. The predicted molar refractivity (Wildman–Crippen MR) is 93.9 cm³/mol. The van der Waals surface area contributed by atoms with Crippen LogP contribution in [0.3, 0.4) is 0 Å². The molecule has 0 aliphatic heterocycles. The Morgan fingerprint density at radius 1 is 0.840 bits per heavy atom. The van der Waals surface area contributed by atoms with E-state index in [9.17, 15) is 4.79 Å². The molecule has 0 bridgehead atoms. The van der Waals surface area contributed by atoms with Gasteiger partial charge in [-0.1, -0.05) is 24.3 Å². The molecule has 3 aromatic carbocycles. The molecule has 0 atom stereocenters. The molecule has 0 fully saturated rings. The number of benzene rings is 3. The second-order valence-electron chi connectivity index (χ2n) is 5.29. The lowest BCUT2D eigenvalue weighted by Gasteiger charge is -2.08. The summed E-state index contributed by atoms with van der Waals surface area (Å²) in [6.45, 7) is -0.0895. The number of carbonyl (C=O) groups is 1. The third kappa shape index (κ3) is 4.46. The standard InChI is InChI=1S/C21H15NO3/c22-14-16-5-4-8-20(13-16)24-15-21(23)17-9-11-19(12-10-17)25-18-6-2-1-3-7-18/h1-13H,15H2. The fraction of sp³-hybridized carbons (Fsp3) is 0.0476. The van der Waals surface area contributed by atoms with Gasteiger partial charge in [0.1, 0.15) is 17.2 Å². The van der Waals surface area contributed by atoms with Gasteiger partial charge < -0.3 is 9.47 Å². The highest BCUT2D eigenvalue weighted by Crippen LogP contribution is 2.21. The zero-order chi connectivity index (χ0) is 17.5. The summed E-state index contributed by atoms with van der Waals surface area (Å²) in [5.41, 5.74) is 1.03. The summed E-state index contributed by atoms with van der Waals surface area (Å²) in [6.07, 6.45) is 0. The molecule has 0 spiro atoms. The van der Waals surface area contributed by atoms with Crippen molar-refractivity contribution in [1.82, 2.24) is 0 Å². The number of ether oxygens (including phenoxy) is 2. The molecule has 25 heavy (non-hydrogen) atoms. The van der Waals surface area contributed by atoms with E-state index in [0.717, 1.165) is 5.75 Å². The lowest BCUT2D eigenvalue weighted by Crippen LogP contribution is -2.11. The lowest BCUT2D eigenvalue weighted by molar-refractivity contribution is 0.0921. The van der Waals surface area contributed by atoms with Gasteiger partial charge >= 0.3 is 0 Å². The van der Waals surface area contributed by atoms with Gasteiger partial charge in [0.2, 0.25) is 0 Å². The van der Waals surface area contributed by atoms with E-state index in [1.165, 1.54) is 0 Å². The number of Topliss-reactive ketones (excluding diaryl/α,β-unsaturated/α-hetero) is 1. The molecular formula is C21H15NO3. The fourth-order valence-corrected chi connectivity index (χ4v) is 2.22. The zero-order valence-corrected chi connectivity index (χ0v) is 13.4. The van der Waals surface area contributed by atoms with Crippen molar-refractivity contribution in [3.8, 4) is 23.3 Å². The molecule has 0 N–H and O–H groups in total. The molecule has 0 aliphatic rings. The summed E-state index contributed by atoms with van der Waals surface area (Å²) in [5.74, 6) is 1.75. The van der Waals surface area contributed by atoms with Crippen LogP contribution < -0.4 is 9.47 Å². The highest BCUT2D eigenvalue weighted by Gasteiger charge is 2.08. The maximum absolute atomic E-state index is 12.2. The molecule has 122 valence electrons. The largest absolute Gasteiger partial charge is 0.485 e. The molecule has 3 rings (SSSR count). The average Bonchev–Trinajstić information content (AvgIpc) is 2.67. The van der Waals surface area contributed by atoms with Crippen molar-refractivity contribution in [2.45, 2.75) is 0 Å². The van der Waals surface area contributed by atoms with E-state index >= 15 is 0 Å². The number of nitrogens with zero attached hydrogens (tertiary/aromatic N) is 1. The number of hydrogen-bond donors (Lipinski definition) is 0. The molecule has 4 nitrogen and oxygen atoms in total. The van der Waals surface area contributed by atoms with E-state index in [1.54, 1.807) is 48.5 Å². The van der Waals surface area contributed by atoms with Crippen LogP contribution in [-0.4, -0.2) is 12.4 Å². The van der Waals surface area contributed by atoms with Crippen molar-refractivity contribution >= 4 is 5.78 Å². The fourth-order valence-electron chi connectivity index (χ4n) is 2.22. The first-order valence-corrected chi connectivity index (χ1v) is 7.74. The van der Waals surface area contributed by atoms with Crippen LogP contribution in [0.5, 0.6) is 17.2 Å². The summed E-state index contributed by atoms with van der Waals surface area (Å²) in [4.78, 5) is 12.2. The number of carbonyl (C=O) groups excluding carboxylic acids is 1. The third-order valence-electron chi connectivity index (χ3n) is 3.49. The smallest absolute Gasteiger partial charge is 0.200 e. The number of nitriles is 1. The van der Waals surface area contributed by atoms with E-state index in [0.29, 0.717) is 22.6 Å². The van der Waals surface area contributed by atoms with Crippen LogP contribution in [0, 0.1) is 11.3 Å². The Morgan fingerprint density at radius 2 is 1.52 bits per heavy atom. The minimum atomic E-state index is -0.145. The van der Waals surface area contributed by atoms with Crippen LogP contribution in [0.2, 0.25) is 0 Å². The van der Waals surface area contributed by atoms with Crippen molar-refractivity contribution in [1.29, 1.82) is 5.26 Å². The minimum Gasteiger partial charge on any atom is -0.485 e. The SMILES string of the molecule is N#Cc1cccc(OCC(=O)c2ccc(Oc3ccccc3)cc2)c1. The highest BCUT2D eigenvalue weighted by atomic mass is 16.5. The van der Waals surface area contributed by atoms with Gasteiger partial charge in [0, 0.05) is 5.56 Å². The summed E-state index contributed by atoms with van der Waals surface area (Å²) in [5, 5.41) is 8.86. The minimum absolute atomic E-state index is 0.0895. The van der Waals surface area contributed by atoms with E-state index in [2.05, 4.69) is 0 Å². The molecule has 3 aromatic rings. The van der Waals surface area contributed by atoms with Gasteiger partial charge in [-0.05, 0) is 54.6 Å². The molecule has 0 amide bonds. The Hall–Kier alpha value is -3.58. The van der Waals surface area contributed by atoms with Gasteiger partial charge in [0.15, 0.2) is 12.4 Å². The van der Waals surface area contributed by atoms with Crippen LogP contribution in [0.4, 0.5) is 0 Å². The number of hydrogen-bond acceptors (Lipinski definition) is 4. The van der Waals surface area contributed by atoms with E-state index in [1.807, 2.05) is 36.4 Å². The second kappa shape index (κ2) is 7.80. The molecule has 0 saturated carbocycles. The number of para-hydroxylation sites is 1. The average molecular weight is 329 g/mol. The Balaban J connectivity index is 1.60. The third-order valence-corrected chi connectivity index (χ3v) is 3.49. The Kier molecular flexibility index (Phi) is 5.08. The van der Waals surface area contributed by atoms with Gasteiger partial charge in [-0.15, -0.1) is 0 Å². The molecule has 0 saturated heterocycles. The first-order chi connectivity index (χ1) is 12.2.